The van der Waals surface area contributed by atoms with Gasteiger partial charge in [-0.15, -0.1) is 0 Å². The highest BCUT2D eigenvalue weighted by atomic mass is 16.5. The van der Waals surface area contributed by atoms with E-state index in [2.05, 4.69) is 0 Å². The Morgan fingerprint density at radius 3 is 2.35 bits per heavy atom. The molecule has 0 spiro atoms. The number of hydrogen-bond donors (Lipinski definition) is 0. The standard InChI is InChI=1S/C12H17NO4/c1-4-16-12-9(10(14)11(12)15)13-5-7(2)17-8(3)6-13/h7-8H,4-6H2,1-3H3/t7-,8+. The summed E-state index contributed by atoms with van der Waals surface area (Å²) in [7, 11) is 0. The summed E-state index contributed by atoms with van der Waals surface area (Å²) < 4.78 is 10.8. The van der Waals surface area contributed by atoms with Crippen LogP contribution < -0.4 is 20.5 Å². The summed E-state index contributed by atoms with van der Waals surface area (Å²) in [6, 6.07) is 0. The lowest BCUT2D eigenvalue weighted by atomic mass is 10.1. The zero-order chi connectivity index (χ0) is 12.6. The van der Waals surface area contributed by atoms with Gasteiger partial charge in [0.2, 0.25) is 0 Å². The second-order valence-electron chi connectivity index (χ2n) is 4.43. The Balaban J connectivity index is 2.25. The van der Waals surface area contributed by atoms with Gasteiger partial charge in [-0.25, -0.2) is 0 Å². The van der Waals surface area contributed by atoms with E-state index >= 15 is 0 Å². The van der Waals surface area contributed by atoms with E-state index in [0.717, 1.165) is 0 Å². The molecule has 1 aliphatic rings. The maximum absolute atomic E-state index is 11.6. The van der Waals surface area contributed by atoms with Crippen LogP contribution in [0.5, 0.6) is 5.75 Å². The number of hydrogen-bond acceptors (Lipinski definition) is 5. The van der Waals surface area contributed by atoms with Crippen molar-refractivity contribution in [2.45, 2.75) is 33.0 Å². The van der Waals surface area contributed by atoms with E-state index in [4.69, 9.17) is 9.47 Å². The first kappa shape index (κ1) is 12.1. The van der Waals surface area contributed by atoms with E-state index in [-0.39, 0.29) is 18.0 Å². The van der Waals surface area contributed by atoms with E-state index in [1.54, 1.807) is 6.92 Å². The third-order valence-corrected chi connectivity index (χ3v) is 2.87. The second kappa shape index (κ2) is 4.49. The lowest BCUT2D eigenvalue weighted by Crippen LogP contribution is -2.51. The van der Waals surface area contributed by atoms with Gasteiger partial charge in [-0.2, -0.15) is 0 Å². The van der Waals surface area contributed by atoms with Crippen molar-refractivity contribution in [3.05, 3.63) is 20.4 Å². The third kappa shape index (κ3) is 2.07. The molecule has 0 unspecified atom stereocenters. The van der Waals surface area contributed by atoms with Gasteiger partial charge in [-0.3, -0.25) is 9.59 Å². The van der Waals surface area contributed by atoms with Crippen LogP contribution in [0.3, 0.4) is 0 Å². The fraction of sp³-hybridized carbons (Fsp3) is 0.667. The molecule has 1 heterocycles. The van der Waals surface area contributed by atoms with Crippen LogP contribution in [0.2, 0.25) is 0 Å². The summed E-state index contributed by atoms with van der Waals surface area (Å²) in [4.78, 5) is 24.9. The molecule has 5 nitrogen and oxygen atoms in total. The normalized spacial score (nSPS) is 25.2. The Morgan fingerprint density at radius 1 is 1.24 bits per heavy atom. The van der Waals surface area contributed by atoms with Gasteiger partial charge in [-0.05, 0) is 20.8 Å². The van der Waals surface area contributed by atoms with Crippen molar-refractivity contribution in [1.29, 1.82) is 0 Å². The van der Waals surface area contributed by atoms with E-state index in [9.17, 15) is 9.59 Å². The largest absolute Gasteiger partial charge is 0.488 e. The van der Waals surface area contributed by atoms with Gasteiger partial charge in [0.05, 0.1) is 18.8 Å². The predicted molar refractivity (Wildman–Crippen MR) is 64.7 cm³/mol. The highest BCUT2D eigenvalue weighted by Crippen LogP contribution is 2.25. The number of morpholine rings is 1. The summed E-state index contributed by atoms with van der Waals surface area (Å²) in [5, 5.41) is 0. The topological polar surface area (TPSA) is 55.8 Å². The van der Waals surface area contributed by atoms with Crippen molar-refractivity contribution in [2.75, 3.05) is 24.6 Å². The summed E-state index contributed by atoms with van der Waals surface area (Å²) in [6.45, 7) is 7.34. The molecule has 0 bridgehead atoms. The molecular formula is C12H17NO4. The molecular weight excluding hydrogens is 222 g/mol. The fourth-order valence-electron chi connectivity index (χ4n) is 2.28. The maximum atomic E-state index is 11.6. The molecule has 2 rings (SSSR count). The van der Waals surface area contributed by atoms with Gasteiger partial charge < -0.3 is 14.4 Å². The van der Waals surface area contributed by atoms with Crippen LogP contribution in [0.4, 0.5) is 5.69 Å². The Hall–Kier alpha value is -1.36. The molecule has 1 aliphatic heterocycles. The zero-order valence-corrected chi connectivity index (χ0v) is 10.4. The van der Waals surface area contributed by atoms with Crippen LogP contribution in [0.15, 0.2) is 9.59 Å². The van der Waals surface area contributed by atoms with Crippen LogP contribution in [0.1, 0.15) is 20.8 Å². The van der Waals surface area contributed by atoms with Crippen molar-refractivity contribution in [1.82, 2.24) is 0 Å². The van der Waals surface area contributed by atoms with Crippen LogP contribution in [-0.2, 0) is 4.74 Å². The maximum Gasteiger partial charge on any atom is 0.272 e. The van der Waals surface area contributed by atoms with Gasteiger partial charge in [0.1, 0.15) is 5.69 Å². The highest BCUT2D eigenvalue weighted by Gasteiger charge is 2.32. The molecule has 1 aromatic rings. The second-order valence-corrected chi connectivity index (χ2v) is 4.43. The Bertz CT molecular complexity index is 465. The molecule has 0 amide bonds. The molecule has 0 N–H and O–H groups in total. The summed E-state index contributed by atoms with van der Waals surface area (Å²) in [5.74, 6) is 0.221. The average molecular weight is 239 g/mol. The van der Waals surface area contributed by atoms with Crippen LogP contribution in [0, 0.1) is 0 Å². The van der Waals surface area contributed by atoms with Crippen molar-refractivity contribution in [3.63, 3.8) is 0 Å². The van der Waals surface area contributed by atoms with Crippen molar-refractivity contribution in [3.8, 4) is 5.75 Å². The highest BCUT2D eigenvalue weighted by molar-refractivity contribution is 5.64. The van der Waals surface area contributed by atoms with E-state index in [0.29, 0.717) is 25.4 Å². The smallest absolute Gasteiger partial charge is 0.272 e. The van der Waals surface area contributed by atoms with Crippen molar-refractivity contribution < 1.29 is 9.47 Å². The Labute approximate surface area is 99.6 Å². The summed E-state index contributed by atoms with van der Waals surface area (Å²) >= 11 is 0. The Morgan fingerprint density at radius 2 is 1.82 bits per heavy atom. The minimum atomic E-state index is -0.506. The van der Waals surface area contributed by atoms with Crippen molar-refractivity contribution >= 4 is 5.69 Å². The lowest BCUT2D eigenvalue weighted by Gasteiger charge is -2.37. The van der Waals surface area contributed by atoms with E-state index in [1.807, 2.05) is 18.7 Å². The summed E-state index contributed by atoms with van der Waals surface area (Å²) in [6.07, 6.45) is 0.107. The van der Waals surface area contributed by atoms with Gasteiger partial charge in [0, 0.05) is 13.1 Å². The number of nitrogens with zero attached hydrogens (tertiary/aromatic N) is 1. The molecule has 1 aromatic carbocycles. The molecule has 1 fully saturated rings. The van der Waals surface area contributed by atoms with Crippen LogP contribution >= 0.6 is 0 Å². The van der Waals surface area contributed by atoms with Gasteiger partial charge in [0.15, 0.2) is 5.75 Å². The first-order valence-electron chi connectivity index (χ1n) is 5.91. The molecule has 17 heavy (non-hydrogen) atoms. The quantitative estimate of drug-likeness (QED) is 0.710. The van der Waals surface area contributed by atoms with Gasteiger partial charge in [-0.1, -0.05) is 0 Å². The predicted octanol–water partition coefficient (Wildman–Crippen LogP) is 0.295. The molecule has 0 aliphatic carbocycles. The van der Waals surface area contributed by atoms with Crippen molar-refractivity contribution in [2.24, 2.45) is 0 Å². The summed E-state index contributed by atoms with van der Waals surface area (Å²) in [5.41, 5.74) is -0.512. The number of anilines is 1. The number of ether oxygens (including phenoxy) is 2. The Kier molecular flexibility index (Phi) is 3.19. The van der Waals surface area contributed by atoms with Crippen LogP contribution in [-0.4, -0.2) is 31.9 Å². The molecule has 1 saturated heterocycles. The molecule has 0 radical (unpaired) electrons. The zero-order valence-electron chi connectivity index (χ0n) is 10.4. The molecule has 0 saturated carbocycles. The van der Waals surface area contributed by atoms with E-state index in [1.165, 1.54) is 0 Å². The first-order chi connectivity index (χ1) is 8.04. The average Bonchev–Trinajstić information content (AvgIpc) is 2.26. The SMILES string of the molecule is CCOc1c(N2C[C@@H](C)O[C@@H](C)C2)c(=O)c1=O. The molecule has 2 atom stereocenters. The van der Waals surface area contributed by atoms with Crippen LogP contribution in [0.25, 0.3) is 0 Å². The third-order valence-electron chi connectivity index (χ3n) is 2.87. The monoisotopic (exact) mass is 239 g/mol. The van der Waals surface area contributed by atoms with E-state index < -0.39 is 10.9 Å². The molecule has 5 heteroatoms. The first-order valence-corrected chi connectivity index (χ1v) is 5.91. The minimum absolute atomic E-state index is 0.0534. The lowest BCUT2D eigenvalue weighted by molar-refractivity contribution is -0.00549. The number of rotatable bonds is 3. The fourth-order valence-corrected chi connectivity index (χ4v) is 2.28. The van der Waals surface area contributed by atoms with Gasteiger partial charge in [0.25, 0.3) is 10.9 Å². The molecule has 94 valence electrons. The molecule has 0 aromatic heterocycles. The van der Waals surface area contributed by atoms with Gasteiger partial charge >= 0.3 is 0 Å². The minimum Gasteiger partial charge on any atom is -0.488 e.